The molecule has 1 amide bonds. The number of ketones is 1. The van der Waals surface area contributed by atoms with Crippen molar-refractivity contribution >= 4 is 11.7 Å². The van der Waals surface area contributed by atoms with Crippen molar-refractivity contribution in [3.63, 3.8) is 0 Å². The first kappa shape index (κ1) is 14.3. The highest BCUT2D eigenvalue weighted by Gasteiger charge is 2.35. The molecule has 2 rings (SSSR count). The summed E-state index contributed by atoms with van der Waals surface area (Å²) in [6.07, 6.45) is 7.34. The molecule has 2 atom stereocenters. The molecule has 4 nitrogen and oxygen atoms in total. The predicted octanol–water partition coefficient (Wildman–Crippen LogP) is 1.53. The highest BCUT2D eigenvalue weighted by atomic mass is 16.3. The predicted molar refractivity (Wildman–Crippen MR) is 72.5 cm³/mol. The van der Waals surface area contributed by atoms with E-state index in [1.165, 1.54) is 11.3 Å². The molecule has 19 heavy (non-hydrogen) atoms. The van der Waals surface area contributed by atoms with Crippen LogP contribution in [0.2, 0.25) is 0 Å². The molecule has 0 aromatic rings. The largest absolute Gasteiger partial charge is 0.395 e. The molecule has 0 bridgehead atoms. The van der Waals surface area contributed by atoms with E-state index in [1.807, 2.05) is 0 Å². The molecule has 106 valence electrons. The van der Waals surface area contributed by atoms with Gasteiger partial charge in [-0.25, -0.2) is 0 Å². The van der Waals surface area contributed by atoms with Gasteiger partial charge in [0.25, 0.3) is 0 Å². The molecule has 0 radical (unpaired) electrons. The number of nitrogens with zero attached hydrogens (tertiary/aromatic N) is 1. The Labute approximate surface area is 114 Å². The second-order valence-corrected chi connectivity index (χ2v) is 5.75. The van der Waals surface area contributed by atoms with Crippen molar-refractivity contribution in [3.8, 4) is 0 Å². The summed E-state index contributed by atoms with van der Waals surface area (Å²) >= 11 is 0. The second-order valence-electron chi connectivity index (χ2n) is 5.75. The van der Waals surface area contributed by atoms with Gasteiger partial charge >= 0.3 is 0 Å². The van der Waals surface area contributed by atoms with Crippen LogP contribution in [0.25, 0.3) is 0 Å². The fourth-order valence-corrected chi connectivity index (χ4v) is 3.25. The Balaban J connectivity index is 1.99. The molecule has 0 aromatic carbocycles. The van der Waals surface area contributed by atoms with Gasteiger partial charge in [0.05, 0.1) is 6.61 Å². The molecule has 2 aliphatic rings. The topological polar surface area (TPSA) is 57.6 Å². The molecular formula is C15H23NO3. The molecule has 2 fully saturated rings. The van der Waals surface area contributed by atoms with Gasteiger partial charge in [-0.15, -0.1) is 0 Å². The van der Waals surface area contributed by atoms with E-state index in [4.69, 9.17) is 5.11 Å². The summed E-state index contributed by atoms with van der Waals surface area (Å²) in [6, 6.07) is 0. The molecule has 0 aromatic heterocycles. The van der Waals surface area contributed by atoms with Crippen LogP contribution in [0.4, 0.5) is 0 Å². The lowest BCUT2D eigenvalue weighted by Gasteiger charge is -2.35. The molecule has 1 N–H and O–H groups in total. The summed E-state index contributed by atoms with van der Waals surface area (Å²) < 4.78 is 0. The van der Waals surface area contributed by atoms with Crippen LogP contribution in [0.1, 0.15) is 38.5 Å². The zero-order chi connectivity index (χ0) is 13.8. The Morgan fingerprint density at radius 2 is 2.21 bits per heavy atom. The summed E-state index contributed by atoms with van der Waals surface area (Å²) in [5.74, 6) is 1.03. The maximum atomic E-state index is 11.9. The quantitative estimate of drug-likeness (QED) is 0.787. The summed E-state index contributed by atoms with van der Waals surface area (Å²) in [4.78, 5) is 25.4. The van der Waals surface area contributed by atoms with Crippen LogP contribution in [-0.2, 0) is 9.59 Å². The summed E-state index contributed by atoms with van der Waals surface area (Å²) in [7, 11) is 1.69. The fraction of sp³-hybridized carbons (Fsp3) is 0.733. The molecule has 2 saturated carbocycles. The van der Waals surface area contributed by atoms with Gasteiger partial charge in [0.15, 0.2) is 0 Å². The number of hydrogen-bond donors (Lipinski definition) is 1. The van der Waals surface area contributed by atoms with E-state index in [0.29, 0.717) is 24.7 Å². The van der Waals surface area contributed by atoms with Crippen molar-refractivity contribution in [2.45, 2.75) is 38.5 Å². The first-order chi connectivity index (χ1) is 9.11. The lowest BCUT2D eigenvalue weighted by atomic mass is 9.69. The molecule has 0 saturated heterocycles. The molecule has 2 aliphatic carbocycles. The zero-order valence-electron chi connectivity index (χ0n) is 11.6. The van der Waals surface area contributed by atoms with Gasteiger partial charge in [-0.1, -0.05) is 5.57 Å². The number of carbonyl (C=O) groups excluding carboxylic acids is 2. The highest BCUT2D eigenvalue weighted by Crippen LogP contribution is 2.40. The number of fused-ring (bicyclic) bond motifs is 1. The minimum Gasteiger partial charge on any atom is -0.395 e. The number of amides is 1. The average molecular weight is 265 g/mol. The zero-order valence-corrected chi connectivity index (χ0v) is 11.6. The summed E-state index contributed by atoms with van der Waals surface area (Å²) in [5, 5.41) is 8.82. The van der Waals surface area contributed by atoms with Crippen molar-refractivity contribution in [3.05, 3.63) is 11.6 Å². The van der Waals surface area contributed by atoms with Crippen molar-refractivity contribution in [2.75, 3.05) is 20.2 Å². The maximum absolute atomic E-state index is 11.9. The lowest BCUT2D eigenvalue weighted by Crippen LogP contribution is -2.33. The van der Waals surface area contributed by atoms with Gasteiger partial charge in [0.1, 0.15) is 5.78 Å². The number of hydrogen-bond acceptors (Lipinski definition) is 3. The van der Waals surface area contributed by atoms with E-state index in [2.05, 4.69) is 0 Å². The minimum atomic E-state index is -0.0641. The first-order valence-corrected chi connectivity index (χ1v) is 7.20. The smallest absolute Gasteiger partial charge is 0.246 e. The van der Waals surface area contributed by atoms with Gasteiger partial charge in [-0.3, -0.25) is 9.59 Å². The van der Waals surface area contributed by atoms with Gasteiger partial charge < -0.3 is 10.0 Å². The number of rotatable bonds is 3. The number of Topliss-reactive ketones (excluding diaryl/α,β-unsaturated/α-hetero) is 1. The van der Waals surface area contributed by atoms with E-state index >= 15 is 0 Å². The SMILES string of the molecule is CN(CCO)C(=O)/C=C1\CC[C@@H]2CCCC(=O)[C@H]2C1. The number of aliphatic hydroxyl groups is 1. The number of aliphatic hydroxyl groups excluding tert-OH is 1. The van der Waals surface area contributed by atoms with Crippen molar-refractivity contribution in [1.29, 1.82) is 0 Å². The van der Waals surface area contributed by atoms with E-state index in [0.717, 1.165) is 31.3 Å². The van der Waals surface area contributed by atoms with Crippen LogP contribution >= 0.6 is 0 Å². The van der Waals surface area contributed by atoms with E-state index in [-0.39, 0.29) is 18.4 Å². The van der Waals surface area contributed by atoms with E-state index < -0.39 is 0 Å². The van der Waals surface area contributed by atoms with Crippen LogP contribution in [0.15, 0.2) is 11.6 Å². The van der Waals surface area contributed by atoms with Gasteiger partial charge in [0, 0.05) is 32.0 Å². The lowest BCUT2D eigenvalue weighted by molar-refractivity contribution is -0.128. The fourth-order valence-electron chi connectivity index (χ4n) is 3.25. The standard InChI is InChI=1S/C15H23NO3/c1-16(7-8-17)15(19)10-11-5-6-12-3-2-4-14(18)13(12)9-11/h10,12-13,17H,2-9H2,1H3/b11-10+/t12-,13-/m0/s1. The Kier molecular flexibility index (Phi) is 4.75. The molecular weight excluding hydrogens is 242 g/mol. The van der Waals surface area contributed by atoms with Crippen LogP contribution < -0.4 is 0 Å². The number of carbonyl (C=O) groups is 2. The molecule has 0 unspecified atom stereocenters. The van der Waals surface area contributed by atoms with Crippen molar-refractivity contribution in [2.24, 2.45) is 11.8 Å². The second kappa shape index (κ2) is 6.33. The molecule has 4 heteroatoms. The number of likely N-dealkylation sites (N-methyl/N-ethyl adjacent to an activating group) is 1. The highest BCUT2D eigenvalue weighted by molar-refractivity contribution is 5.88. The van der Waals surface area contributed by atoms with Crippen LogP contribution in [0, 0.1) is 11.8 Å². The Hall–Kier alpha value is -1.16. The molecule has 0 spiro atoms. The van der Waals surface area contributed by atoms with Gasteiger partial charge in [-0.2, -0.15) is 0 Å². The monoisotopic (exact) mass is 265 g/mol. The maximum Gasteiger partial charge on any atom is 0.246 e. The van der Waals surface area contributed by atoms with E-state index in [1.54, 1.807) is 13.1 Å². The minimum absolute atomic E-state index is 0.0192. The van der Waals surface area contributed by atoms with Gasteiger partial charge in [0.2, 0.25) is 5.91 Å². The van der Waals surface area contributed by atoms with Crippen LogP contribution in [-0.4, -0.2) is 41.9 Å². The van der Waals surface area contributed by atoms with Crippen LogP contribution in [0.5, 0.6) is 0 Å². The third-order valence-corrected chi connectivity index (χ3v) is 4.44. The normalized spacial score (nSPS) is 29.2. The molecule has 0 heterocycles. The molecule has 0 aliphatic heterocycles. The third-order valence-electron chi connectivity index (χ3n) is 4.44. The average Bonchev–Trinajstić information content (AvgIpc) is 2.40. The Morgan fingerprint density at radius 1 is 1.42 bits per heavy atom. The Bertz CT molecular complexity index is 389. The summed E-state index contributed by atoms with van der Waals surface area (Å²) in [6.45, 7) is 0.336. The first-order valence-electron chi connectivity index (χ1n) is 7.20. The Morgan fingerprint density at radius 3 is 2.95 bits per heavy atom. The third kappa shape index (κ3) is 3.44. The number of allylic oxidation sites excluding steroid dienone is 1. The summed E-state index contributed by atoms with van der Waals surface area (Å²) in [5.41, 5.74) is 1.10. The van der Waals surface area contributed by atoms with Crippen molar-refractivity contribution < 1.29 is 14.7 Å². The van der Waals surface area contributed by atoms with Gasteiger partial charge in [-0.05, 0) is 38.0 Å². The van der Waals surface area contributed by atoms with E-state index in [9.17, 15) is 9.59 Å². The van der Waals surface area contributed by atoms with Crippen molar-refractivity contribution in [1.82, 2.24) is 4.90 Å². The van der Waals surface area contributed by atoms with Crippen LogP contribution in [0.3, 0.4) is 0 Å².